The average molecular weight is 1160 g/mol. The number of carbonyl (C=O) groups is 3. The molecule has 484 valence electrons. The van der Waals surface area contributed by atoms with E-state index >= 15 is 0 Å². The van der Waals surface area contributed by atoms with Crippen LogP contribution in [0.1, 0.15) is 393 Å². The van der Waals surface area contributed by atoms with Crippen LogP contribution in [0.15, 0.2) is 60.8 Å². The second-order valence-electron chi connectivity index (χ2n) is 24.9. The van der Waals surface area contributed by atoms with E-state index in [1.165, 1.54) is 263 Å². The van der Waals surface area contributed by atoms with Crippen LogP contribution in [0.3, 0.4) is 0 Å². The van der Waals surface area contributed by atoms with E-state index in [1.807, 2.05) is 0 Å². The van der Waals surface area contributed by atoms with Crippen LogP contribution < -0.4 is 0 Å². The summed E-state index contributed by atoms with van der Waals surface area (Å²) >= 11 is 0. The summed E-state index contributed by atoms with van der Waals surface area (Å²) in [5, 5.41) is 0. The first-order valence-electron chi connectivity index (χ1n) is 36.8. The molecule has 0 rings (SSSR count). The van der Waals surface area contributed by atoms with Gasteiger partial charge in [0.1, 0.15) is 13.2 Å². The lowest BCUT2D eigenvalue weighted by atomic mass is 10.0. The van der Waals surface area contributed by atoms with Gasteiger partial charge in [0.25, 0.3) is 0 Å². The highest BCUT2D eigenvalue weighted by atomic mass is 16.6. The molecule has 0 N–H and O–H groups in total. The topological polar surface area (TPSA) is 78.9 Å². The van der Waals surface area contributed by atoms with Gasteiger partial charge < -0.3 is 14.2 Å². The Labute approximate surface area is 517 Å². The summed E-state index contributed by atoms with van der Waals surface area (Å²) in [5.74, 6) is -0.867. The molecular weight excluding hydrogens is 1020 g/mol. The largest absolute Gasteiger partial charge is 0.462 e. The molecule has 0 aromatic rings. The van der Waals surface area contributed by atoms with Gasteiger partial charge in [-0.25, -0.2) is 0 Å². The predicted molar refractivity (Wildman–Crippen MR) is 362 cm³/mol. The Morgan fingerprint density at radius 3 is 0.675 bits per heavy atom. The minimum atomic E-state index is -0.784. The van der Waals surface area contributed by atoms with Gasteiger partial charge in [0.2, 0.25) is 0 Å². The number of hydrogen-bond donors (Lipinski definition) is 0. The highest BCUT2D eigenvalue weighted by Gasteiger charge is 2.19. The minimum Gasteiger partial charge on any atom is -0.462 e. The van der Waals surface area contributed by atoms with Crippen molar-refractivity contribution in [2.75, 3.05) is 13.2 Å². The van der Waals surface area contributed by atoms with Gasteiger partial charge in [-0.3, -0.25) is 14.4 Å². The summed E-state index contributed by atoms with van der Waals surface area (Å²) in [5.41, 5.74) is 0. The Morgan fingerprint density at radius 2 is 0.434 bits per heavy atom. The molecule has 0 aromatic heterocycles. The van der Waals surface area contributed by atoms with E-state index in [9.17, 15) is 14.4 Å². The maximum atomic E-state index is 13.0. The van der Waals surface area contributed by atoms with Crippen molar-refractivity contribution in [3.63, 3.8) is 0 Å². The van der Waals surface area contributed by atoms with Crippen molar-refractivity contribution < 1.29 is 28.6 Å². The fraction of sp³-hybridized carbons (Fsp3) is 0.831. The lowest BCUT2D eigenvalue weighted by Gasteiger charge is -2.18. The van der Waals surface area contributed by atoms with Gasteiger partial charge in [0.15, 0.2) is 6.10 Å². The average Bonchev–Trinajstić information content (AvgIpc) is 3.49. The van der Waals surface area contributed by atoms with Crippen LogP contribution in [0.4, 0.5) is 0 Å². The lowest BCUT2D eigenvalue weighted by molar-refractivity contribution is -0.167. The standard InChI is InChI=1S/C77H140O6/c1-4-7-10-13-16-19-22-25-28-31-34-37-38-41-43-46-49-52-55-58-61-64-67-70-76(79)82-73-74(83-77(80)71-68-65-62-59-56-53-50-47-44-40-36-33-30-27-24-21-18-15-12-9-6-3)72-81-75(78)69-66-63-60-57-54-51-48-45-42-39-35-32-29-26-23-20-17-14-11-8-5-2/h23-24,26-27,32-33,35-36,44,47,74H,4-22,25,28-31,34,37-43,45-46,48-73H2,1-3H3/b26-23-,27-24-,35-32-,36-33-,47-44-. The Kier molecular flexibility index (Phi) is 69.1. The predicted octanol–water partition coefficient (Wildman–Crippen LogP) is 25.5. The number of rotatable bonds is 68. The van der Waals surface area contributed by atoms with Crippen LogP contribution in [0, 0.1) is 0 Å². The zero-order valence-electron chi connectivity index (χ0n) is 55.7. The molecule has 0 aliphatic rings. The SMILES string of the molecule is CCCCCCC/C=C\C/C=C\C/C=C\CCCCCCCCC(=O)OC(COC(=O)CCCCCCCCCCC/C=C\C/C=C\CCCCCCC)COC(=O)CCCCCCCCCCCCCCCCCCCCCCCCC. The summed E-state index contributed by atoms with van der Waals surface area (Å²) in [4.78, 5) is 38.5. The van der Waals surface area contributed by atoms with Gasteiger partial charge in [-0.2, -0.15) is 0 Å². The van der Waals surface area contributed by atoms with Gasteiger partial charge >= 0.3 is 17.9 Å². The quantitative estimate of drug-likeness (QED) is 0.0261. The number of carbonyl (C=O) groups excluding carboxylic acids is 3. The molecule has 6 nitrogen and oxygen atoms in total. The smallest absolute Gasteiger partial charge is 0.306 e. The number of unbranched alkanes of at least 4 members (excludes halogenated alkanes) is 47. The van der Waals surface area contributed by atoms with Gasteiger partial charge in [-0.1, -0.05) is 345 Å². The third-order valence-electron chi connectivity index (χ3n) is 16.5. The van der Waals surface area contributed by atoms with Gasteiger partial charge in [-0.15, -0.1) is 0 Å². The van der Waals surface area contributed by atoms with Crippen LogP contribution >= 0.6 is 0 Å². The molecule has 1 unspecified atom stereocenters. The molecule has 83 heavy (non-hydrogen) atoms. The van der Waals surface area contributed by atoms with E-state index in [-0.39, 0.29) is 31.1 Å². The maximum absolute atomic E-state index is 13.0. The molecule has 6 heteroatoms. The van der Waals surface area contributed by atoms with Crippen LogP contribution in [0.25, 0.3) is 0 Å². The number of allylic oxidation sites excluding steroid dienone is 10. The van der Waals surface area contributed by atoms with E-state index in [1.54, 1.807) is 0 Å². The molecular formula is C77H140O6. The third-order valence-corrected chi connectivity index (χ3v) is 16.5. The second-order valence-corrected chi connectivity index (χ2v) is 24.9. The Morgan fingerprint density at radius 1 is 0.241 bits per heavy atom. The highest BCUT2D eigenvalue weighted by Crippen LogP contribution is 2.18. The van der Waals surface area contributed by atoms with Crippen molar-refractivity contribution in [1.29, 1.82) is 0 Å². The third kappa shape index (κ3) is 69.8. The van der Waals surface area contributed by atoms with Gasteiger partial charge in [-0.05, 0) is 89.9 Å². The second kappa shape index (κ2) is 71.6. The minimum absolute atomic E-state index is 0.0771. The van der Waals surface area contributed by atoms with E-state index in [0.717, 1.165) is 89.9 Å². The van der Waals surface area contributed by atoms with Crippen molar-refractivity contribution in [3.05, 3.63) is 60.8 Å². The van der Waals surface area contributed by atoms with Crippen molar-refractivity contribution in [2.45, 2.75) is 399 Å². The number of ether oxygens (including phenoxy) is 3. The van der Waals surface area contributed by atoms with E-state index < -0.39 is 6.10 Å². The van der Waals surface area contributed by atoms with E-state index in [2.05, 4.69) is 81.5 Å². The zero-order chi connectivity index (χ0) is 59.9. The van der Waals surface area contributed by atoms with Crippen molar-refractivity contribution in [1.82, 2.24) is 0 Å². The van der Waals surface area contributed by atoms with Crippen LogP contribution in [-0.2, 0) is 28.6 Å². The summed E-state index contributed by atoms with van der Waals surface area (Å²) in [6, 6.07) is 0. The molecule has 0 fully saturated rings. The lowest BCUT2D eigenvalue weighted by Crippen LogP contribution is -2.30. The number of hydrogen-bond acceptors (Lipinski definition) is 6. The molecule has 0 spiro atoms. The fourth-order valence-electron chi connectivity index (χ4n) is 11.0. The van der Waals surface area contributed by atoms with E-state index in [0.29, 0.717) is 19.3 Å². The number of esters is 3. The first-order chi connectivity index (χ1) is 41.0. The molecule has 0 amide bonds. The van der Waals surface area contributed by atoms with Crippen LogP contribution in [0.2, 0.25) is 0 Å². The Balaban J connectivity index is 4.36. The van der Waals surface area contributed by atoms with Gasteiger partial charge in [0.05, 0.1) is 0 Å². The van der Waals surface area contributed by atoms with Crippen molar-refractivity contribution in [2.24, 2.45) is 0 Å². The van der Waals surface area contributed by atoms with Crippen LogP contribution in [-0.4, -0.2) is 37.2 Å². The molecule has 0 bridgehead atoms. The molecule has 1 atom stereocenters. The molecule has 0 heterocycles. The van der Waals surface area contributed by atoms with Crippen molar-refractivity contribution in [3.8, 4) is 0 Å². The van der Waals surface area contributed by atoms with Crippen LogP contribution in [0.5, 0.6) is 0 Å². The Hall–Kier alpha value is -2.89. The molecule has 0 aliphatic carbocycles. The monoisotopic (exact) mass is 1160 g/mol. The Bertz CT molecular complexity index is 1470. The normalized spacial score (nSPS) is 12.4. The molecule has 0 aliphatic heterocycles. The maximum Gasteiger partial charge on any atom is 0.306 e. The first kappa shape index (κ1) is 80.1. The van der Waals surface area contributed by atoms with Crippen molar-refractivity contribution >= 4 is 17.9 Å². The summed E-state index contributed by atoms with van der Waals surface area (Å²) in [7, 11) is 0. The summed E-state index contributed by atoms with van der Waals surface area (Å²) < 4.78 is 17.0. The first-order valence-corrected chi connectivity index (χ1v) is 36.8. The highest BCUT2D eigenvalue weighted by molar-refractivity contribution is 5.71. The zero-order valence-corrected chi connectivity index (χ0v) is 55.7. The molecule has 0 aromatic carbocycles. The summed E-state index contributed by atoms with van der Waals surface area (Å²) in [6.07, 6.45) is 92.5. The fourth-order valence-corrected chi connectivity index (χ4v) is 11.0. The van der Waals surface area contributed by atoms with E-state index in [4.69, 9.17) is 14.2 Å². The summed E-state index contributed by atoms with van der Waals surface area (Å²) in [6.45, 7) is 6.68. The molecule has 0 saturated heterocycles. The van der Waals surface area contributed by atoms with Gasteiger partial charge in [0, 0.05) is 19.3 Å². The molecule has 0 saturated carbocycles. The molecule has 0 radical (unpaired) electrons.